The predicted octanol–water partition coefficient (Wildman–Crippen LogP) is 1.19. The van der Waals surface area contributed by atoms with Crippen molar-refractivity contribution in [2.75, 3.05) is 65.3 Å². The number of nitrogen functional groups attached to an aromatic ring is 1. The third-order valence-electron chi connectivity index (χ3n) is 5.70. The van der Waals surface area contributed by atoms with Gasteiger partial charge >= 0.3 is 0 Å². The minimum Gasteiger partial charge on any atom is -0.383 e. The summed E-state index contributed by atoms with van der Waals surface area (Å²) in [5, 5.41) is 0. The molecule has 0 bridgehead atoms. The lowest BCUT2D eigenvalue weighted by Crippen LogP contribution is -2.47. The van der Waals surface area contributed by atoms with Crippen LogP contribution in [0.15, 0.2) is 36.5 Å². The second-order valence-electron chi connectivity index (χ2n) is 7.73. The molecule has 0 saturated carbocycles. The zero-order valence-electron chi connectivity index (χ0n) is 17.2. The number of likely N-dealkylation sites (N-methyl/N-ethyl adjacent to an activating group) is 1. The van der Waals surface area contributed by atoms with Gasteiger partial charge in [0.05, 0.1) is 18.8 Å². The van der Waals surface area contributed by atoms with Gasteiger partial charge in [-0.25, -0.2) is 4.98 Å². The van der Waals surface area contributed by atoms with Crippen molar-refractivity contribution in [3.63, 3.8) is 0 Å². The maximum absolute atomic E-state index is 13.0. The molecule has 2 fully saturated rings. The van der Waals surface area contributed by atoms with E-state index in [-0.39, 0.29) is 17.6 Å². The Morgan fingerprint density at radius 3 is 2.20 bits per heavy atom. The van der Waals surface area contributed by atoms with Crippen LogP contribution >= 0.6 is 0 Å². The van der Waals surface area contributed by atoms with Gasteiger partial charge in [0.2, 0.25) is 0 Å². The van der Waals surface area contributed by atoms with E-state index in [1.807, 2.05) is 36.2 Å². The number of carbonyl (C=O) groups excluding carboxylic acids is 2. The third kappa shape index (κ3) is 4.29. The standard InChI is InChI=1S/C22H27N5O3/c1-25-6-8-26(9-7-25)22(29)19-14-18(15-24-20(19)23)16-2-4-17(5-3-16)21(28)27-10-12-30-13-11-27/h2-5,14-15H,6-13H2,1H3,(H2,23,24). The summed E-state index contributed by atoms with van der Waals surface area (Å²) in [6, 6.07) is 9.18. The van der Waals surface area contributed by atoms with Crippen molar-refractivity contribution in [3.05, 3.63) is 47.7 Å². The van der Waals surface area contributed by atoms with Gasteiger partial charge in [-0.2, -0.15) is 0 Å². The largest absolute Gasteiger partial charge is 0.383 e. The molecule has 0 atom stereocenters. The van der Waals surface area contributed by atoms with Crippen molar-refractivity contribution in [2.24, 2.45) is 0 Å². The lowest BCUT2D eigenvalue weighted by atomic mass is 10.0. The summed E-state index contributed by atoms with van der Waals surface area (Å²) in [5.41, 5.74) is 8.76. The van der Waals surface area contributed by atoms with E-state index in [1.54, 1.807) is 17.2 Å². The molecule has 8 nitrogen and oxygen atoms in total. The van der Waals surface area contributed by atoms with Crippen LogP contribution in [0.2, 0.25) is 0 Å². The number of amides is 2. The second kappa shape index (κ2) is 8.81. The van der Waals surface area contributed by atoms with Crippen LogP contribution < -0.4 is 5.73 Å². The molecule has 2 aliphatic rings. The van der Waals surface area contributed by atoms with Gasteiger partial charge < -0.3 is 25.2 Å². The molecule has 3 heterocycles. The number of benzene rings is 1. The minimum atomic E-state index is -0.0888. The quantitative estimate of drug-likeness (QED) is 0.819. The number of nitrogens with two attached hydrogens (primary N) is 1. The highest BCUT2D eigenvalue weighted by molar-refractivity contribution is 5.99. The zero-order valence-corrected chi connectivity index (χ0v) is 17.2. The van der Waals surface area contributed by atoms with Crippen LogP contribution in [-0.4, -0.2) is 91.0 Å². The number of hydrogen-bond acceptors (Lipinski definition) is 6. The van der Waals surface area contributed by atoms with E-state index in [1.165, 1.54) is 0 Å². The molecule has 4 rings (SSSR count). The number of hydrogen-bond donors (Lipinski definition) is 1. The molecule has 30 heavy (non-hydrogen) atoms. The van der Waals surface area contributed by atoms with Gasteiger partial charge in [-0.1, -0.05) is 12.1 Å². The first-order valence-corrected chi connectivity index (χ1v) is 10.2. The Balaban J connectivity index is 1.52. The first-order chi connectivity index (χ1) is 14.5. The maximum Gasteiger partial charge on any atom is 0.257 e. The normalized spacial score (nSPS) is 17.8. The van der Waals surface area contributed by atoms with Gasteiger partial charge in [-0.3, -0.25) is 9.59 Å². The molecule has 1 aromatic carbocycles. The Kier molecular flexibility index (Phi) is 5.96. The number of morpholine rings is 1. The Morgan fingerprint density at radius 2 is 1.53 bits per heavy atom. The number of rotatable bonds is 3. The zero-order chi connectivity index (χ0) is 21.1. The molecule has 158 valence electrons. The topological polar surface area (TPSA) is 92.0 Å². The number of aromatic nitrogens is 1. The van der Waals surface area contributed by atoms with Crippen molar-refractivity contribution in [1.29, 1.82) is 0 Å². The fourth-order valence-electron chi connectivity index (χ4n) is 3.74. The molecule has 0 unspecified atom stereocenters. The summed E-state index contributed by atoms with van der Waals surface area (Å²) in [4.78, 5) is 35.6. The molecule has 8 heteroatoms. The number of nitrogens with zero attached hydrogens (tertiary/aromatic N) is 4. The Hall–Kier alpha value is -2.97. The van der Waals surface area contributed by atoms with Gasteiger partial charge in [0.15, 0.2) is 0 Å². The maximum atomic E-state index is 13.0. The molecule has 0 spiro atoms. The summed E-state index contributed by atoms with van der Waals surface area (Å²) < 4.78 is 5.31. The number of ether oxygens (including phenoxy) is 1. The number of piperazine rings is 1. The fraction of sp³-hybridized carbons (Fsp3) is 0.409. The smallest absolute Gasteiger partial charge is 0.257 e. The molecule has 2 aliphatic heterocycles. The van der Waals surface area contributed by atoms with Crippen LogP contribution in [0.3, 0.4) is 0 Å². The first kappa shape index (κ1) is 20.3. The van der Waals surface area contributed by atoms with E-state index in [4.69, 9.17) is 10.5 Å². The average Bonchev–Trinajstić information content (AvgIpc) is 2.80. The van der Waals surface area contributed by atoms with E-state index < -0.39 is 0 Å². The van der Waals surface area contributed by atoms with Gasteiger partial charge in [0.1, 0.15) is 5.82 Å². The minimum absolute atomic E-state index is 0.00575. The molecule has 2 N–H and O–H groups in total. The Bertz CT molecular complexity index is 917. The first-order valence-electron chi connectivity index (χ1n) is 10.2. The van der Waals surface area contributed by atoms with Crippen LogP contribution in [0.4, 0.5) is 5.82 Å². The second-order valence-corrected chi connectivity index (χ2v) is 7.73. The summed E-state index contributed by atoms with van der Waals surface area (Å²) >= 11 is 0. The van der Waals surface area contributed by atoms with Crippen molar-refractivity contribution in [1.82, 2.24) is 19.7 Å². The number of anilines is 1. The van der Waals surface area contributed by atoms with Crippen molar-refractivity contribution in [3.8, 4) is 11.1 Å². The van der Waals surface area contributed by atoms with Crippen LogP contribution in [0, 0.1) is 0 Å². The Morgan fingerprint density at radius 1 is 0.900 bits per heavy atom. The molecule has 2 saturated heterocycles. The highest BCUT2D eigenvalue weighted by atomic mass is 16.5. The van der Waals surface area contributed by atoms with Crippen LogP contribution in [-0.2, 0) is 4.74 Å². The number of carbonyl (C=O) groups is 2. The molecular weight excluding hydrogens is 382 g/mol. The monoisotopic (exact) mass is 409 g/mol. The molecule has 2 aromatic rings. The fourth-order valence-corrected chi connectivity index (χ4v) is 3.74. The van der Waals surface area contributed by atoms with Crippen LogP contribution in [0.25, 0.3) is 11.1 Å². The predicted molar refractivity (Wildman–Crippen MR) is 114 cm³/mol. The molecule has 0 radical (unpaired) electrons. The van der Waals surface area contributed by atoms with E-state index >= 15 is 0 Å². The van der Waals surface area contributed by atoms with Gasteiger partial charge in [0, 0.05) is 56.6 Å². The molecular formula is C22H27N5O3. The van der Waals surface area contributed by atoms with Crippen LogP contribution in [0.5, 0.6) is 0 Å². The highest BCUT2D eigenvalue weighted by Crippen LogP contribution is 2.24. The van der Waals surface area contributed by atoms with Gasteiger partial charge in [0.25, 0.3) is 11.8 Å². The van der Waals surface area contributed by atoms with Gasteiger partial charge in [-0.05, 0) is 30.8 Å². The van der Waals surface area contributed by atoms with Gasteiger partial charge in [-0.15, -0.1) is 0 Å². The Labute approximate surface area is 176 Å². The summed E-state index contributed by atoms with van der Waals surface area (Å²) in [7, 11) is 2.05. The molecule has 0 aliphatic carbocycles. The summed E-state index contributed by atoms with van der Waals surface area (Å²) in [6.07, 6.45) is 1.66. The van der Waals surface area contributed by atoms with Crippen molar-refractivity contribution in [2.45, 2.75) is 0 Å². The highest BCUT2D eigenvalue weighted by Gasteiger charge is 2.23. The molecule has 1 aromatic heterocycles. The lowest BCUT2D eigenvalue weighted by Gasteiger charge is -2.32. The van der Waals surface area contributed by atoms with E-state index in [0.717, 1.165) is 24.2 Å². The van der Waals surface area contributed by atoms with Crippen molar-refractivity contribution >= 4 is 17.6 Å². The average molecular weight is 409 g/mol. The molecule has 2 amide bonds. The summed E-state index contributed by atoms with van der Waals surface area (Å²) in [5.74, 6) is 0.155. The number of pyridine rings is 1. The van der Waals surface area contributed by atoms with E-state index in [0.29, 0.717) is 50.5 Å². The van der Waals surface area contributed by atoms with E-state index in [2.05, 4.69) is 9.88 Å². The SMILES string of the molecule is CN1CCN(C(=O)c2cc(-c3ccc(C(=O)N4CCOCC4)cc3)cnc2N)CC1. The van der Waals surface area contributed by atoms with Crippen molar-refractivity contribution < 1.29 is 14.3 Å². The van der Waals surface area contributed by atoms with Crippen LogP contribution in [0.1, 0.15) is 20.7 Å². The van der Waals surface area contributed by atoms with E-state index in [9.17, 15) is 9.59 Å². The summed E-state index contributed by atoms with van der Waals surface area (Å²) in [6.45, 7) is 5.42. The lowest BCUT2D eigenvalue weighted by molar-refractivity contribution is 0.0303. The third-order valence-corrected chi connectivity index (χ3v) is 5.70.